The molecule has 0 aliphatic carbocycles. The third kappa shape index (κ3) is 2.56. The van der Waals surface area contributed by atoms with Crippen molar-refractivity contribution in [3.05, 3.63) is 41.6 Å². The molecule has 0 spiro atoms. The van der Waals surface area contributed by atoms with E-state index in [1.165, 1.54) is 5.56 Å². The average molecular weight is 290 g/mol. The maximum Gasteiger partial charge on any atom is 0.320 e. The first-order valence-electron chi connectivity index (χ1n) is 6.38. The van der Waals surface area contributed by atoms with Gasteiger partial charge >= 0.3 is 5.97 Å². The zero-order valence-corrected chi connectivity index (χ0v) is 12.0. The minimum Gasteiger partial charge on any atom is -0.452 e. The van der Waals surface area contributed by atoms with Gasteiger partial charge in [-0.05, 0) is 25.0 Å². The molecule has 0 saturated heterocycles. The maximum absolute atomic E-state index is 12.2. The van der Waals surface area contributed by atoms with E-state index in [9.17, 15) is 4.79 Å². The molecule has 104 valence electrons. The van der Waals surface area contributed by atoms with Crippen LogP contribution in [0.5, 0.6) is 0 Å². The highest BCUT2D eigenvalue weighted by Gasteiger charge is 2.31. The van der Waals surface area contributed by atoms with Crippen molar-refractivity contribution >= 4 is 17.7 Å². The van der Waals surface area contributed by atoms with E-state index in [0.29, 0.717) is 18.2 Å². The molecule has 0 fully saturated rings. The first-order valence-corrected chi connectivity index (χ1v) is 7.26. The Labute approximate surface area is 120 Å². The van der Waals surface area contributed by atoms with Gasteiger partial charge in [0.15, 0.2) is 6.10 Å². The number of aryl methyl sites for hydroxylation is 1. The topological polar surface area (TPSA) is 65.2 Å². The molecule has 0 unspecified atom stereocenters. The first-order chi connectivity index (χ1) is 9.63. The van der Waals surface area contributed by atoms with Crippen LogP contribution in [-0.2, 0) is 16.0 Å². The molecule has 0 bridgehead atoms. The number of nitrogens with zero attached hydrogens (tertiary/aromatic N) is 2. The second-order valence-corrected chi connectivity index (χ2v) is 5.90. The zero-order chi connectivity index (χ0) is 14.1. The quantitative estimate of drug-likeness (QED) is 0.810. The number of ether oxygens (including phenoxy) is 1. The van der Waals surface area contributed by atoms with Gasteiger partial charge in [-0.1, -0.05) is 18.2 Å². The number of aromatic nitrogens is 2. The SMILES string of the molecule is Cc1nnc([C@H](C)OC(=O)[C@@H]2Cc3ccccc3S2)o1. The molecular formula is C14H14N2O3S. The van der Waals surface area contributed by atoms with Gasteiger partial charge < -0.3 is 9.15 Å². The summed E-state index contributed by atoms with van der Waals surface area (Å²) in [4.78, 5) is 13.3. The van der Waals surface area contributed by atoms with Gasteiger partial charge in [0.1, 0.15) is 5.25 Å². The fraction of sp³-hybridized carbons (Fsp3) is 0.357. The summed E-state index contributed by atoms with van der Waals surface area (Å²) in [7, 11) is 0. The van der Waals surface area contributed by atoms with Crippen molar-refractivity contribution in [2.45, 2.75) is 36.5 Å². The van der Waals surface area contributed by atoms with Crippen molar-refractivity contribution in [2.75, 3.05) is 0 Å². The lowest BCUT2D eigenvalue weighted by atomic mass is 10.1. The number of benzene rings is 1. The minimum atomic E-state index is -0.520. The van der Waals surface area contributed by atoms with Gasteiger partial charge in [-0.15, -0.1) is 22.0 Å². The van der Waals surface area contributed by atoms with Gasteiger partial charge in [0.2, 0.25) is 5.89 Å². The van der Waals surface area contributed by atoms with Gasteiger partial charge in [-0.25, -0.2) is 0 Å². The molecule has 0 amide bonds. The number of carbonyl (C=O) groups excluding carboxylic acids is 1. The standard InChI is InChI=1S/C14H14N2O3S/c1-8(13-16-15-9(2)19-13)18-14(17)12-7-10-5-3-4-6-11(10)20-12/h3-6,8,12H,7H2,1-2H3/t8-,12-/m0/s1. The normalized spacial score (nSPS) is 18.6. The van der Waals surface area contributed by atoms with Gasteiger partial charge in [0.25, 0.3) is 5.89 Å². The van der Waals surface area contributed by atoms with E-state index < -0.39 is 6.10 Å². The molecule has 0 radical (unpaired) electrons. The van der Waals surface area contributed by atoms with E-state index in [1.807, 2.05) is 24.3 Å². The molecular weight excluding hydrogens is 276 g/mol. The number of carbonyl (C=O) groups is 1. The van der Waals surface area contributed by atoms with E-state index in [-0.39, 0.29) is 11.2 Å². The van der Waals surface area contributed by atoms with Crippen LogP contribution in [0.1, 0.15) is 30.4 Å². The summed E-state index contributed by atoms with van der Waals surface area (Å²) in [5, 5.41) is 7.40. The Morgan fingerprint density at radius 1 is 1.45 bits per heavy atom. The van der Waals surface area contributed by atoms with Crippen LogP contribution < -0.4 is 0 Å². The lowest BCUT2D eigenvalue weighted by molar-refractivity contribution is -0.148. The molecule has 0 N–H and O–H groups in total. The third-order valence-corrected chi connectivity index (χ3v) is 4.39. The van der Waals surface area contributed by atoms with Crippen molar-refractivity contribution in [1.29, 1.82) is 0 Å². The molecule has 0 saturated carbocycles. The second kappa shape index (κ2) is 5.28. The van der Waals surface area contributed by atoms with Gasteiger partial charge in [0.05, 0.1) is 0 Å². The summed E-state index contributed by atoms with van der Waals surface area (Å²) in [5.41, 5.74) is 1.20. The highest BCUT2D eigenvalue weighted by atomic mass is 32.2. The van der Waals surface area contributed by atoms with E-state index in [4.69, 9.17) is 9.15 Å². The van der Waals surface area contributed by atoms with E-state index in [2.05, 4.69) is 10.2 Å². The largest absolute Gasteiger partial charge is 0.452 e. The van der Waals surface area contributed by atoms with Crippen molar-refractivity contribution in [3.8, 4) is 0 Å². The highest BCUT2D eigenvalue weighted by molar-refractivity contribution is 8.01. The average Bonchev–Trinajstić information content (AvgIpc) is 3.04. The van der Waals surface area contributed by atoms with Crippen molar-refractivity contribution in [1.82, 2.24) is 10.2 Å². The van der Waals surface area contributed by atoms with Crippen LogP contribution in [0.15, 0.2) is 33.6 Å². The monoisotopic (exact) mass is 290 g/mol. The van der Waals surface area contributed by atoms with Crippen LogP contribution in [0.4, 0.5) is 0 Å². The summed E-state index contributed by atoms with van der Waals surface area (Å²) in [5.74, 6) is 0.552. The van der Waals surface area contributed by atoms with E-state index >= 15 is 0 Å². The lowest BCUT2D eigenvalue weighted by Crippen LogP contribution is -2.21. The summed E-state index contributed by atoms with van der Waals surface area (Å²) in [6.07, 6.45) is 0.183. The predicted molar refractivity (Wildman–Crippen MR) is 73.3 cm³/mol. The number of rotatable bonds is 3. The molecule has 1 aromatic carbocycles. The lowest BCUT2D eigenvalue weighted by Gasteiger charge is -2.12. The Bertz CT molecular complexity index is 616. The molecule has 20 heavy (non-hydrogen) atoms. The molecule has 6 heteroatoms. The minimum absolute atomic E-state index is 0.195. The zero-order valence-electron chi connectivity index (χ0n) is 11.2. The van der Waals surface area contributed by atoms with Crippen molar-refractivity contribution < 1.29 is 13.9 Å². The first kappa shape index (κ1) is 13.2. The van der Waals surface area contributed by atoms with Crippen LogP contribution in [-0.4, -0.2) is 21.4 Å². The molecule has 2 aromatic rings. The Morgan fingerprint density at radius 3 is 2.95 bits per heavy atom. The number of esters is 1. The fourth-order valence-corrected chi connectivity index (χ4v) is 3.27. The Balaban J connectivity index is 1.64. The molecule has 1 aromatic heterocycles. The fourth-order valence-electron chi connectivity index (χ4n) is 2.09. The number of thioether (sulfide) groups is 1. The van der Waals surface area contributed by atoms with Gasteiger partial charge in [0, 0.05) is 11.8 Å². The summed E-state index contributed by atoms with van der Waals surface area (Å²) in [6.45, 7) is 3.44. The molecule has 2 heterocycles. The summed E-state index contributed by atoms with van der Waals surface area (Å²) < 4.78 is 10.7. The van der Waals surface area contributed by atoms with Crippen LogP contribution in [0.3, 0.4) is 0 Å². The van der Waals surface area contributed by atoms with E-state index in [1.54, 1.807) is 25.6 Å². The summed E-state index contributed by atoms with van der Waals surface area (Å²) >= 11 is 1.55. The number of fused-ring (bicyclic) bond motifs is 1. The van der Waals surface area contributed by atoms with Gasteiger partial charge in [-0.3, -0.25) is 4.79 Å². The van der Waals surface area contributed by atoms with Crippen molar-refractivity contribution in [2.24, 2.45) is 0 Å². The number of hydrogen-bond donors (Lipinski definition) is 0. The Hall–Kier alpha value is -1.82. The molecule has 3 rings (SSSR count). The van der Waals surface area contributed by atoms with Crippen molar-refractivity contribution in [3.63, 3.8) is 0 Å². The number of hydrogen-bond acceptors (Lipinski definition) is 6. The summed E-state index contributed by atoms with van der Waals surface area (Å²) in [6, 6.07) is 8.03. The molecule has 2 atom stereocenters. The van der Waals surface area contributed by atoms with Crippen LogP contribution in [0.2, 0.25) is 0 Å². The predicted octanol–water partition coefficient (Wildman–Crippen LogP) is 2.70. The maximum atomic E-state index is 12.2. The van der Waals surface area contributed by atoms with Crippen LogP contribution >= 0.6 is 11.8 Å². The molecule has 1 aliphatic heterocycles. The Morgan fingerprint density at radius 2 is 2.25 bits per heavy atom. The van der Waals surface area contributed by atoms with Gasteiger partial charge in [-0.2, -0.15) is 0 Å². The second-order valence-electron chi connectivity index (χ2n) is 4.66. The molecule has 5 nitrogen and oxygen atoms in total. The Kier molecular flexibility index (Phi) is 3.48. The highest BCUT2D eigenvalue weighted by Crippen LogP contribution is 2.37. The van der Waals surface area contributed by atoms with Crippen LogP contribution in [0.25, 0.3) is 0 Å². The van der Waals surface area contributed by atoms with Crippen LogP contribution in [0, 0.1) is 6.92 Å². The molecule has 1 aliphatic rings. The van der Waals surface area contributed by atoms with E-state index in [0.717, 1.165) is 4.90 Å². The smallest absolute Gasteiger partial charge is 0.320 e. The third-order valence-electron chi connectivity index (χ3n) is 3.09.